The average molecular weight is 504 g/mol. The Kier molecular flexibility index (Phi) is 8.59. The van der Waals surface area contributed by atoms with Gasteiger partial charge in [-0.1, -0.05) is 45.0 Å². The first-order valence-electron chi connectivity index (χ1n) is 10.6. The highest BCUT2D eigenvalue weighted by Gasteiger charge is 2.32. The van der Waals surface area contributed by atoms with Crippen molar-refractivity contribution in [3.63, 3.8) is 0 Å². The Balaban J connectivity index is 2.57. The standard InChI is InChI=1S/C25H23F3N2O6/c1-15(31)36-18-9-10-19(21(11-18)30(33)34)22(20(13-29)23(32)24(2,3)4)35-14-17-7-5-16(6-8-17)12-25(26,27)28/h5-11H,12,14H2,1-4H3. The fourth-order valence-corrected chi connectivity index (χ4v) is 3.09. The minimum atomic E-state index is -4.37. The van der Waals surface area contributed by atoms with Crippen LogP contribution in [0.2, 0.25) is 0 Å². The maximum atomic E-state index is 13.0. The molecule has 190 valence electrons. The number of carbonyl (C=O) groups excluding carboxylic acids is 2. The summed E-state index contributed by atoms with van der Waals surface area (Å²) in [6.45, 7) is 5.49. The number of hydrogen-bond donors (Lipinski definition) is 0. The number of nitrogens with zero attached hydrogens (tertiary/aromatic N) is 2. The van der Waals surface area contributed by atoms with E-state index in [9.17, 15) is 38.1 Å². The van der Waals surface area contributed by atoms with Crippen molar-refractivity contribution in [1.82, 2.24) is 0 Å². The van der Waals surface area contributed by atoms with Crippen LogP contribution in [-0.2, 0) is 27.4 Å². The molecule has 0 radical (unpaired) electrons. The molecule has 0 unspecified atom stereocenters. The maximum Gasteiger partial charge on any atom is 0.393 e. The highest BCUT2D eigenvalue weighted by molar-refractivity contribution is 6.08. The van der Waals surface area contributed by atoms with Crippen LogP contribution >= 0.6 is 0 Å². The highest BCUT2D eigenvalue weighted by atomic mass is 19.4. The maximum absolute atomic E-state index is 13.0. The molecule has 0 fully saturated rings. The molecule has 2 aromatic rings. The van der Waals surface area contributed by atoms with Crippen LogP contribution in [0.4, 0.5) is 18.9 Å². The number of allylic oxidation sites excluding steroid dienone is 1. The van der Waals surface area contributed by atoms with Gasteiger partial charge in [-0.2, -0.15) is 18.4 Å². The molecule has 0 saturated heterocycles. The van der Waals surface area contributed by atoms with Crippen LogP contribution in [0.1, 0.15) is 44.4 Å². The minimum Gasteiger partial charge on any atom is -0.486 e. The normalized spacial score (nSPS) is 12.3. The van der Waals surface area contributed by atoms with Crippen LogP contribution in [0.5, 0.6) is 5.75 Å². The Hall–Kier alpha value is -4.20. The summed E-state index contributed by atoms with van der Waals surface area (Å²) in [6.07, 6.45) is -5.49. The number of carbonyl (C=O) groups is 2. The molecule has 11 heteroatoms. The van der Waals surface area contributed by atoms with E-state index in [4.69, 9.17) is 9.47 Å². The number of nitriles is 1. The smallest absolute Gasteiger partial charge is 0.393 e. The average Bonchev–Trinajstić information content (AvgIpc) is 2.75. The van der Waals surface area contributed by atoms with E-state index < -0.39 is 45.9 Å². The van der Waals surface area contributed by atoms with Gasteiger partial charge in [0.15, 0.2) is 11.5 Å². The van der Waals surface area contributed by atoms with Gasteiger partial charge in [0, 0.05) is 12.3 Å². The molecule has 0 amide bonds. The summed E-state index contributed by atoms with van der Waals surface area (Å²) in [5.41, 5.74) is -1.87. The number of Topliss-reactive ketones (excluding diaryl/α,β-unsaturated/α-hetero) is 1. The van der Waals surface area contributed by atoms with Crippen molar-refractivity contribution in [3.8, 4) is 11.8 Å². The molecular formula is C25H23F3N2O6. The molecule has 36 heavy (non-hydrogen) atoms. The molecule has 0 aliphatic carbocycles. The van der Waals surface area contributed by atoms with Crippen molar-refractivity contribution < 1.29 is 37.2 Å². The fourth-order valence-electron chi connectivity index (χ4n) is 3.09. The number of halogens is 3. The molecule has 0 spiro atoms. The zero-order valence-corrected chi connectivity index (χ0v) is 19.9. The monoisotopic (exact) mass is 504 g/mol. The summed E-state index contributed by atoms with van der Waals surface area (Å²) >= 11 is 0. The molecule has 0 N–H and O–H groups in total. The van der Waals surface area contributed by atoms with Gasteiger partial charge in [-0.25, -0.2) is 0 Å². The summed E-state index contributed by atoms with van der Waals surface area (Å²) in [5.74, 6) is -1.85. The van der Waals surface area contributed by atoms with Gasteiger partial charge in [0.2, 0.25) is 0 Å². The van der Waals surface area contributed by atoms with Gasteiger partial charge in [-0.05, 0) is 23.3 Å². The second kappa shape index (κ2) is 11.0. The third-order valence-corrected chi connectivity index (χ3v) is 4.73. The van der Waals surface area contributed by atoms with E-state index >= 15 is 0 Å². The van der Waals surface area contributed by atoms with Crippen LogP contribution in [0.15, 0.2) is 48.0 Å². The summed E-state index contributed by atoms with van der Waals surface area (Å²) in [7, 11) is 0. The summed E-state index contributed by atoms with van der Waals surface area (Å²) in [6, 6.07) is 10.4. The third-order valence-electron chi connectivity index (χ3n) is 4.73. The van der Waals surface area contributed by atoms with Gasteiger partial charge >= 0.3 is 12.1 Å². The van der Waals surface area contributed by atoms with Gasteiger partial charge < -0.3 is 9.47 Å². The molecule has 0 bridgehead atoms. The molecule has 2 rings (SSSR count). The zero-order valence-electron chi connectivity index (χ0n) is 19.9. The lowest BCUT2D eigenvalue weighted by Gasteiger charge is -2.19. The molecule has 0 heterocycles. The van der Waals surface area contributed by atoms with Gasteiger partial charge in [0.25, 0.3) is 5.69 Å². The van der Waals surface area contributed by atoms with Crippen molar-refractivity contribution in [2.75, 3.05) is 0 Å². The SMILES string of the molecule is CC(=O)Oc1ccc(C(OCc2ccc(CC(F)(F)F)cc2)=C(C#N)C(=O)C(C)(C)C)c([N+](=O)[O-])c1. The van der Waals surface area contributed by atoms with E-state index in [0.717, 1.165) is 13.0 Å². The molecule has 0 aromatic heterocycles. The van der Waals surface area contributed by atoms with E-state index in [0.29, 0.717) is 5.56 Å². The molecule has 0 saturated carbocycles. The summed E-state index contributed by atoms with van der Waals surface area (Å²) < 4.78 is 48.5. The van der Waals surface area contributed by atoms with Gasteiger partial charge in [-0.3, -0.25) is 19.7 Å². The van der Waals surface area contributed by atoms with E-state index in [2.05, 4.69) is 0 Å². The number of rotatable bonds is 8. The fraction of sp³-hybridized carbons (Fsp3) is 0.320. The third kappa shape index (κ3) is 7.66. The second-order valence-corrected chi connectivity index (χ2v) is 8.82. The minimum absolute atomic E-state index is 0.0272. The Bertz CT molecular complexity index is 1240. The topological polar surface area (TPSA) is 120 Å². The number of benzene rings is 2. The lowest BCUT2D eigenvalue weighted by atomic mass is 9.85. The zero-order chi connectivity index (χ0) is 27.3. The van der Waals surface area contributed by atoms with E-state index in [-0.39, 0.29) is 29.2 Å². The van der Waals surface area contributed by atoms with E-state index in [1.807, 2.05) is 0 Å². The molecule has 0 aliphatic heterocycles. The predicted molar refractivity (Wildman–Crippen MR) is 122 cm³/mol. The van der Waals surface area contributed by atoms with Crippen LogP contribution < -0.4 is 4.74 Å². The number of hydrogen-bond acceptors (Lipinski definition) is 7. The van der Waals surface area contributed by atoms with E-state index in [1.54, 1.807) is 26.8 Å². The van der Waals surface area contributed by atoms with Gasteiger partial charge in [0.05, 0.1) is 23.0 Å². The quantitative estimate of drug-likeness (QED) is 0.0861. The molecule has 8 nitrogen and oxygen atoms in total. The number of nitro groups is 1. The van der Waals surface area contributed by atoms with E-state index in [1.165, 1.54) is 36.4 Å². The lowest BCUT2D eigenvalue weighted by Crippen LogP contribution is -2.23. The van der Waals surface area contributed by atoms with Crippen LogP contribution in [0.25, 0.3) is 5.76 Å². The first-order valence-corrected chi connectivity index (χ1v) is 10.6. The Labute approximate surface area is 205 Å². The number of ether oxygens (including phenoxy) is 2. The summed E-state index contributed by atoms with van der Waals surface area (Å²) in [5, 5.41) is 21.6. The first-order chi connectivity index (χ1) is 16.6. The first kappa shape index (κ1) is 28.0. The predicted octanol–water partition coefficient (Wildman–Crippen LogP) is 5.69. The Morgan fingerprint density at radius 1 is 1.06 bits per heavy atom. The van der Waals surface area contributed by atoms with Gasteiger partial charge in [0.1, 0.15) is 24.0 Å². The van der Waals surface area contributed by atoms with Crippen molar-refractivity contribution in [1.29, 1.82) is 5.26 Å². The highest BCUT2D eigenvalue weighted by Crippen LogP contribution is 2.35. The van der Waals surface area contributed by atoms with Crippen LogP contribution in [0.3, 0.4) is 0 Å². The number of ketones is 1. The van der Waals surface area contributed by atoms with Crippen molar-refractivity contribution in [2.45, 2.75) is 46.9 Å². The number of esters is 1. The summed E-state index contributed by atoms with van der Waals surface area (Å²) in [4.78, 5) is 35.2. The number of alkyl halides is 3. The molecule has 0 aliphatic rings. The molecular weight excluding hydrogens is 481 g/mol. The Morgan fingerprint density at radius 2 is 1.64 bits per heavy atom. The molecule has 0 atom stereocenters. The Morgan fingerprint density at radius 3 is 2.11 bits per heavy atom. The number of nitro benzene ring substituents is 1. The van der Waals surface area contributed by atoms with Crippen molar-refractivity contribution in [2.24, 2.45) is 5.41 Å². The van der Waals surface area contributed by atoms with Crippen LogP contribution in [-0.4, -0.2) is 22.9 Å². The van der Waals surface area contributed by atoms with Crippen molar-refractivity contribution >= 4 is 23.2 Å². The molecule has 2 aromatic carbocycles. The second-order valence-electron chi connectivity index (χ2n) is 8.82. The van der Waals surface area contributed by atoms with Crippen LogP contribution in [0, 0.1) is 26.9 Å². The largest absolute Gasteiger partial charge is 0.486 e. The van der Waals surface area contributed by atoms with Gasteiger partial charge in [-0.15, -0.1) is 0 Å². The lowest BCUT2D eigenvalue weighted by molar-refractivity contribution is -0.385. The van der Waals surface area contributed by atoms with Crippen molar-refractivity contribution in [3.05, 3.63) is 74.8 Å².